The quantitative estimate of drug-likeness (QED) is 0.791. The van der Waals surface area contributed by atoms with Crippen LogP contribution < -0.4 is 15.8 Å². The molecule has 104 valence electrons. The van der Waals surface area contributed by atoms with Gasteiger partial charge in [-0.2, -0.15) is 0 Å². The van der Waals surface area contributed by atoms with Crippen molar-refractivity contribution >= 4 is 22.4 Å². The van der Waals surface area contributed by atoms with Crippen molar-refractivity contribution < 1.29 is 13.7 Å². The summed E-state index contributed by atoms with van der Waals surface area (Å²) < 4.78 is 17.5. The maximum Gasteiger partial charge on any atom is 0.236 e. The summed E-state index contributed by atoms with van der Waals surface area (Å²) in [6, 6.07) is 5.21. The number of hydrogen-bond acceptors (Lipinski definition) is 4. The Hall–Kier alpha value is -1.56. The number of nitrogen functional groups attached to an aromatic ring is 1. The van der Waals surface area contributed by atoms with E-state index in [-0.39, 0.29) is 11.9 Å². The van der Waals surface area contributed by atoms with Gasteiger partial charge in [0.2, 0.25) is 5.91 Å². The van der Waals surface area contributed by atoms with E-state index in [9.17, 15) is 9.00 Å². The molecule has 6 heteroatoms. The molecular weight excluding hydrogens is 264 g/mol. The van der Waals surface area contributed by atoms with E-state index in [1.54, 1.807) is 25.1 Å². The van der Waals surface area contributed by atoms with E-state index in [1.165, 1.54) is 7.11 Å². The van der Waals surface area contributed by atoms with E-state index in [0.29, 0.717) is 16.3 Å². The van der Waals surface area contributed by atoms with Gasteiger partial charge in [0.1, 0.15) is 11.0 Å². The zero-order valence-electron chi connectivity index (χ0n) is 11.0. The molecule has 0 radical (unpaired) electrons. The number of methoxy groups -OCH3 is 1. The second-order valence-electron chi connectivity index (χ2n) is 4.63. The van der Waals surface area contributed by atoms with Gasteiger partial charge in [0.05, 0.1) is 22.8 Å². The maximum atomic E-state index is 12.4. The number of carbonyl (C=O) groups is 1. The molecule has 1 aromatic carbocycles. The summed E-state index contributed by atoms with van der Waals surface area (Å²) in [5, 5.41) is 2.22. The molecule has 2 unspecified atom stereocenters. The number of nitrogens with two attached hydrogens (primary N) is 1. The van der Waals surface area contributed by atoms with E-state index < -0.39 is 16.0 Å². The van der Waals surface area contributed by atoms with Gasteiger partial charge in [-0.3, -0.25) is 9.00 Å². The van der Waals surface area contributed by atoms with Crippen LogP contribution in [-0.4, -0.2) is 28.5 Å². The Bertz CT molecular complexity index is 515. The van der Waals surface area contributed by atoms with Crippen molar-refractivity contribution in [3.63, 3.8) is 0 Å². The highest BCUT2D eigenvalue weighted by Gasteiger charge is 2.29. The average Bonchev–Trinajstić information content (AvgIpc) is 3.21. The van der Waals surface area contributed by atoms with Crippen LogP contribution in [-0.2, 0) is 15.6 Å². The average molecular weight is 282 g/mol. The van der Waals surface area contributed by atoms with Crippen LogP contribution >= 0.6 is 0 Å². The fraction of sp³-hybridized carbons (Fsp3) is 0.462. The van der Waals surface area contributed by atoms with Gasteiger partial charge in [0.25, 0.3) is 0 Å². The predicted molar refractivity (Wildman–Crippen MR) is 74.4 cm³/mol. The summed E-state index contributed by atoms with van der Waals surface area (Å²) >= 11 is 0. The van der Waals surface area contributed by atoms with Crippen molar-refractivity contribution in [1.82, 2.24) is 5.32 Å². The molecule has 0 spiro atoms. The lowest BCUT2D eigenvalue weighted by Crippen LogP contribution is -2.36. The van der Waals surface area contributed by atoms with E-state index in [4.69, 9.17) is 10.5 Å². The van der Waals surface area contributed by atoms with Crippen molar-refractivity contribution in [3.05, 3.63) is 18.2 Å². The van der Waals surface area contributed by atoms with Gasteiger partial charge in [-0.15, -0.1) is 0 Å². The molecule has 19 heavy (non-hydrogen) atoms. The first-order valence-electron chi connectivity index (χ1n) is 6.17. The Balaban J connectivity index is 2.15. The van der Waals surface area contributed by atoms with Crippen LogP contribution in [0.25, 0.3) is 0 Å². The number of amides is 1. The van der Waals surface area contributed by atoms with E-state index in [1.807, 2.05) is 0 Å². The van der Waals surface area contributed by atoms with Crippen LogP contribution in [0.15, 0.2) is 23.1 Å². The lowest BCUT2D eigenvalue weighted by molar-refractivity contribution is -0.120. The third kappa shape index (κ3) is 3.26. The first kappa shape index (κ1) is 13.9. The molecule has 1 saturated carbocycles. The second-order valence-corrected chi connectivity index (χ2v) is 6.37. The molecule has 1 aromatic rings. The van der Waals surface area contributed by atoms with Gasteiger partial charge in [0.15, 0.2) is 0 Å². The monoisotopic (exact) mass is 282 g/mol. The summed E-state index contributed by atoms with van der Waals surface area (Å²) in [4.78, 5) is 12.3. The Morgan fingerprint density at radius 1 is 1.53 bits per heavy atom. The zero-order chi connectivity index (χ0) is 14.0. The Labute approximate surface area is 115 Å². The minimum Gasteiger partial charge on any atom is -0.497 e. The normalized spacial score (nSPS) is 17.6. The Morgan fingerprint density at radius 3 is 2.79 bits per heavy atom. The SMILES string of the molecule is COc1ccc(N)c(S(=O)C(C)C(=O)NC2CC2)c1. The summed E-state index contributed by atoms with van der Waals surface area (Å²) in [6.07, 6.45) is 2.01. The summed E-state index contributed by atoms with van der Waals surface area (Å²) in [7, 11) is 0.0418. The number of rotatable bonds is 5. The molecule has 1 fully saturated rings. The Morgan fingerprint density at radius 2 is 2.21 bits per heavy atom. The van der Waals surface area contributed by atoms with E-state index in [2.05, 4.69) is 5.32 Å². The van der Waals surface area contributed by atoms with Gasteiger partial charge < -0.3 is 15.8 Å². The topological polar surface area (TPSA) is 81.4 Å². The zero-order valence-corrected chi connectivity index (χ0v) is 11.8. The third-order valence-electron chi connectivity index (χ3n) is 3.05. The lowest BCUT2D eigenvalue weighted by Gasteiger charge is -2.14. The van der Waals surface area contributed by atoms with Crippen molar-refractivity contribution in [2.45, 2.75) is 36.0 Å². The van der Waals surface area contributed by atoms with Gasteiger partial charge in [0, 0.05) is 11.7 Å². The fourth-order valence-corrected chi connectivity index (χ4v) is 2.83. The highest BCUT2D eigenvalue weighted by molar-refractivity contribution is 7.86. The van der Waals surface area contributed by atoms with Crippen LogP contribution in [0.1, 0.15) is 19.8 Å². The number of nitrogens with one attached hydrogen (secondary N) is 1. The first-order chi connectivity index (χ1) is 9.02. The largest absolute Gasteiger partial charge is 0.497 e. The highest BCUT2D eigenvalue weighted by atomic mass is 32.2. The van der Waals surface area contributed by atoms with E-state index >= 15 is 0 Å². The van der Waals surface area contributed by atoms with Gasteiger partial charge in [-0.05, 0) is 38.0 Å². The maximum absolute atomic E-state index is 12.4. The molecular formula is C13H18N2O3S. The molecule has 1 aliphatic carbocycles. The van der Waals surface area contributed by atoms with Crippen LogP contribution in [0.5, 0.6) is 5.75 Å². The minimum absolute atomic E-state index is 0.192. The summed E-state index contributed by atoms with van der Waals surface area (Å²) in [5.74, 6) is 0.385. The second kappa shape index (κ2) is 5.61. The lowest BCUT2D eigenvalue weighted by atomic mass is 10.3. The molecule has 1 amide bonds. The minimum atomic E-state index is -1.49. The van der Waals surface area contributed by atoms with Crippen molar-refractivity contribution in [2.75, 3.05) is 12.8 Å². The molecule has 0 heterocycles. The highest BCUT2D eigenvalue weighted by Crippen LogP contribution is 2.25. The summed E-state index contributed by atoms with van der Waals surface area (Å²) in [6.45, 7) is 1.65. The molecule has 0 aliphatic heterocycles. The first-order valence-corrected chi connectivity index (χ1v) is 7.38. The molecule has 0 aromatic heterocycles. The summed E-state index contributed by atoms with van der Waals surface area (Å²) in [5.41, 5.74) is 6.22. The number of carbonyl (C=O) groups excluding carboxylic acids is 1. The molecule has 5 nitrogen and oxygen atoms in total. The van der Waals surface area contributed by atoms with Crippen LogP contribution in [0.3, 0.4) is 0 Å². The molecule has 0 saturated heterocycles. The smallest absolute Gasteiger partial charge is 0.236 e. The fourth-order valence-electron chi connectivity index (χ4n) is 1.65. The van der Waals surface area contributed by atoms with E-state index in [0.717, 1.165) is 12.8 Å². The predicted octanol–water partition coefficient (Wildman–Crippen LogP) is 1.05. The molecule has 2 atom stereocenters. The molecule has 1 aliphatic rings. The Kier molecular flexibility index (Phi) is 4.09. The van der Waals surface area contributed by atoms with Crippen LogP contribution in [0.4, 0.5) is 5.69 Å². The molecule has 0 bridgehead atoms. The van der Waals surface area contributed by atoms with Crippen molar-refractivity contribution in [1.29, 1.82) is 0 Å². The number of benzene rings is 1. The van der Waals surface area contributed by atoms with Gasteiger partial charge in [-0.1, -0.05) is 0 Å². The number of anilines is 1. The van der Waals surface area contributed by atoms with Crippen molar-refractivity contribution in [3.8, 4) is 5.75 Å². The standard InChI is InChI=1S/C13H18N2O3S/c1-8(13(16)15-9-3-4-9)19(17)12-7-10(18-2)5-6-11(12)14/h5-9H,3-4,14H2,1-2H3,(H,15,16). The van der Waals surface area contributed by atoms with Crippen molar-refractivity contribution in [2.24, 2.45) is 0 Å². The number of hydrogen-bond donors (Lipinski definition) is 2. The van der Waals surface area contributed by atoms with Crippen LogP contribution in [0, 0.1) is 0 Å². The van der Waals surface area contributed by atoms with Gasteiger partial charge in [-0.25, -0.2) is 0 Å². The number of ether oxygens (including phenoxy) is 1. The molecule has 2 rings (SSSR count). The van der Waals surface area contributed by atoms with Crippen LogP contribution in [0.2, 0.25) is 0 Å². The molecule has 3 N–H and O–H groups in total. The third-order valence-corrected chi connectivity index (χ3v) is 4.69. The van der Waals surface area contributed by atoms with Gasteiger partial charge >= 0.3 is 0 Å².